The molecule has 11 heavy (non-hydrogen) atoms. The van der Waals surface area contributed by atoms with Crippen LogP contribution in [0.4, 0.5) is 13.2 Å². The van der Waals surface area contributed by atoms with E-state index in [1.54, 1.807) is 0 Å². The highest BCUT2D eigenvalue weighted by molar-refractivity contribution is 7.11. The summed E-state index contributed by atoms with van der Waals surface area (Å²) in [5.74, 6) is -1.83. The lowest BCUT2D eigenvalue weighted by Gasteiger charge is -2.00. The van der Waals surface area contributed by atoms with Gasteiger partial charge in [0.05, 0.1) is 10.4 Å². The van der Waals surface area contributed by atoms with E-state index in [-0.39, 0.29) is 4.88 Å². The summed E-state index contributed by atoms with van der Waals surface area (Å²) < 4.78 is 34.9. The molecule has 0 radical (unpaired) electrons. The first kappa shape index (κ1) is 8.19. The van der Waals surface area contributed by atoms with Crippen molar-refractivity contribution in [2.24, 2.45) is 0 Å². The van der Waals surface area contributed by atoms with Crippen molar-refractivity contribution >= 4 is 17.1 Å². The Morgan fingerprint density at radius 1 is 1.55 bits per heavy atom. The molecule has 0 spiro atoms. The second kappa shape index (κ2) is 2.61. The average Bonchev–Trinajstić information content (AvgIpc) is 2.34. The van der Waals surface area contributed by atoms with E-state index in [4.69, 9.17) is 0 Å². The van der Waals surface area contributed by atoms with Crippen molar-refractivity contribution in [1.29, 1.82) is 0 Å². The molecule has 6 heteroatoms. The van der Waals surface area contributed by atoms with Gasteiger partial charge < -0.3 is 0 Å². The molecule has 0 saturated heterocycles. The maximum atomic E-state index is 11.6. The molecule has 1 rings (SSSR count). The summed E-state index contributed by atoms with van der Waals surface area (Å²) in [7, 11) is 0. The highest BCUT2D eigenvalue weighted by Crippen LogP contribution is 2.22. The summed E-state index contributed by atoms with van der Waals surface area (Å²) in [5.41, 5.74) is 1.18. The molecular formula is C5H2F3NOS. The summed E-state index contributed by atoms with van der Waals surface area (Å²) in [6, 6.07) is 0. The Hall–Kier alpha value is -0.910. The molecule has 0 amide bonds. The quantitative estimate of drug-likeness (QED) is 0.619. The van der Waals surface area contributed by atoms with Crippen LogP contribution in [0, 0.1) is 0 Å². The van der Waals surface area contributed by atoms with Gasteiger partial charge in [0, 0.05) is 6.20 Å². The summed E-state index contributed by atoms with van der Waals surface area (Å²) in [6.45, 7) is 0. The largest absolute Gasteiger partial charge is 0.455 e. The molecule has 0 saturated carbocycles. The highest BCUT2D eigenvalue weighted by atomic mass is 32.1. The molecule has 0 bridgehead atoms. The van der Waals surface area contributed by atoms with Gasteiger partial charge in [0.15, 0.2) is 0 Å². The van der Waals surface area contributed by atoms with Gasteiger partial charge in [0.1, 0.15) is 0 Å². The lowest BCUT2D eigenvalue weighted by atomic mass is 10.3. The van der Waals surface area contributed by atoms with Crippen LogP contribution in [0.5, 0.6) is 0 Å². The second-order valence-electron chi connectivity index (χ2n) is 1.69. The van der Waals surface area contributed by atoms with Crippen LogP contribution in [0.15, 0.2) is 11.7 Å². The monoisotopic (exact) mass is 181 g/mol. The summed E-state index contributed by atoms with van der Waals surface area (Å²) >= 11 is 0.677. The third-order valence-electron chi connectivity index (χ3n) is 0.914. The van der Waals surface area contributed by atoms with Gasteiger partial charge in [0.2, 0.25) is 0 Å². The maximum absolute atomic E-state index is 11.6. The Kier molecular flexibility index (Phi) is 1.95. The van der Waals surface area contributed by atoms with Gasteiger partial charge in [-0.25, -0.2) is 0 Å². The molecule has 0 aliphatic rings. The highest BCUT2D eigenvalue weighted by Gasteiger charge is 2.40. The number of Topliss-reactive ketones (excluding diaryl/α,β-unsaturated/α-hetero) is 1. The minimum Gasteiger partial charge on any atom is -0.283 e. The minimum atomic E-state index is -4.79. The molecular weight excluding hydrogens is 179 g/mol. The minimum absolute atomic E-state index is 0.377. The molecule has 0 aliphatic heterocycles. The number of aromatic nitrogens is 1. The first-order valence-electron chi connectivity index (χ1n) is 2.52. The van der Waals surface area contributed by atoms with E-state index >= 15 is 0 Å². The predicted molar refractivity (Wildman–Crippen MR) is 32.5 cm³/mol. The number of carbonyl (C=O) groups is 1. The standard InChI is InChI=1S/C5H2F3NOS/c6-5(7,8)4(10)3-1-9-2-11-3/h1-2H. The van der Waals surface area contributed by atoms with Crippen LogP contribution in [0.1, 0.15) is 9.67 Å². The number of hydrogen-bond acceptors (Lipinski definition) is 3. The van der Waals surface area contributed by atoms with Crippen LogP contribution in [0.2, 0.25) is 0 Å². The molecule has 0 aromatic carbocycles. The summed E-state index contributed by atoms with van der Waals surface area (Å²) in [4.78, 5) is 13.3. The molecule has 60 valence electrons. The Balaban J connectivity index is 2.88. The molecule has 2 nitrogen and oxygen atoms in total. The van der Waals surface area contributed by atoms with Crippen LogP contribution in [0.3, 0.4) is 0 Å². The van der Waals surface area contributed by atoms with E-state index in [9.17, 15) is 18.0 Å². The van der Waals surface area contributed by atoms with Crippen molar-refractivity contribution < 1.29 is 18.0 Å². The summed E-state index contributed by atoms with van der Waals surface area (Å²) in [6.07, 6.45) is -3.88. The summed E-state index contributed by atoms with van der Waals surface area (Å²) in [5, 5.41) is 0. The Bertz CT molecular complexity index is 253. The number of alkyl halides is 3. The molecule has 1 heterocycles. The fourth-order valence-electron chi connectivity index (χ4n) is 0.468. The number of rotatable bonds is 1. The maximum Gasteiger partial charge on any atom is 0.455 e. The fraction of sp³-hybridized carbons (Fsp3) is 0.200. The number of thiazole rings is 1. The first-order chi connectivity index (χ1) is 5.02. The van der Waals surface area contributed by atoms with Gasteiger partial charge in [0.25, 0.3) is 5.78 Å². The van der Waals surface area contributed by atoms with Crippen LogP contribution >= 0.6 is 11.3 Å². The van der Waals surface area contributed by atoms with Crippen molar-refractivity contribution in [1.82, 2.24) is 4.98 Å². The Morgan fingerprint density at radius 3 is 2.55 bits per heavy atom. The van der Waals surface area contributed by atoms with E-state index in [1.165, 1.54) is 5.51 Å². The van der Waals surface area contributed by atoms with Gasteiger partial charge in [-0.1, -0.05) is 0 Å². The number of ketones is 1. The van der Waals surface area contributed by atoms with Gasteiger partial charge in [-0.05, 0) is 0 Å². The third kappa shape index (κ3) is 1.76. The molecule has 0 aliphatic carbocycles. The second-order valence-corrected chi connectivity index (χ2v) is 2.58. The van der Waals surface area contributed by atoms with Gasteiger partial charge >= 0.3 is 6.18 Å². The van der Waals surface area contributed by atoms with E-state index in [0.29, 0.717) is 11.3 Å². The van der Waals surface area contributed by atoms with E-state index in [2.05, 4.69) is 4.98 Å². The first-order valence-corrected chi connectivity index (χ1v) is 3.40. The van der Waals surface area contributed by atoms with Crippen molar-refractivity contribution in [3.05, 3.63) is 16.6 Å². The van der Waals surface area contributed by atoms with Crippen LogP contribution in [-0.4, -0.2) is 16.9 Å². The SMILES string of the molecule is O=C(c1cncs1)C(F)(F)F. The molecule has 1 aromatic heterocycles. The van der Waals surface area contributed by atoms with E-state index in [1.807, 2.05) is 0 Å². The lowest BCUT2D eigenvalue weighted by Crippen LogP contribution is -2.21. The molecule has 0 unspecified atom stereocenters. The van der Waals surface area contributed by atoms with Crippen molar-refractivity contribution in [2.45, 2.75) is 6.18 Å². The third-order valence-corrected chi connectivity index (χ3v) is 1.69. The van der Waals surface area contributed by atoms with E-state index < -0.39 is 12.0 Å². The van der Waals surface area contributed by atoms with Crippen LogP contribution in [0.25, 0.3) is 0 Å². The van der Waals surface area contributed by atoms with Gasteiger partial charge in [-0.15, -0.1) is 11.3 Å². The number of hydrogen-bond donors (Lipinski definition) is 0. The van der Waals surface area contributed by atoms with Crippen molar-refractivity contribution in [3.8, 4) is 0 Å². The van der Waals surface area contributed by atoms with Gasteiger partial charge in [-0.2, -0.15) is 13.2 Å². The van der Waals surface area contributed by atoms with Crippen LogP contribution in [-0.2, 0) is 0 Å². The zero-order chi connectivity index (χ0) is 8.48. The molecule has 0 fully saturated rings. The van der Waals surface area contributed by atoms with Crippen LogP contribution < -0.4 is 0 Å². The fourth-order valence-corrected chi connectivity index (χ4v) is 1.05. The predicted octanol–water partition coefficient (Wildman–Crippen LogP) is 1.89. The zero-order valence-corrected chi connectivity index (χ0v) is 5.87. The van der Waals surface area contributed by atoms with Crippen molar-refractivity contribution in [2.75, 3.05) is 0 Å². The smallest absolute Gasteiger partial charge is 0.283 e. The number of halogens is 3. The topological polar surface area (TPSA) is 30.0 Å². The van der Waals surface area contributed by atoms with Gasteiger partial charge in [-0.3, -0.25) is 9.78 Å². The number of nitrogens with zero attached hydrogens (tertiary/aromatic N) is 1. The number of carbonyl (C=O) groups excluding carboxylic acids is 1. The normalized spacial score (nSPS) is 11.5. The lowest BCUT2D eigenvalue weighted by molar-refractivity contribution is -0.0882. The average molecular weight is 181 g/mol. The molecule has 1 aromatic rings. The zero-order valence-electron chi connectivity index (χ0n) is 5.05. The van der Waals surface area contributed by atoms with Crippen molar-refractivity contribution in [3.63, 3.8) is 0 Å². The van der Waals surface area contributed by atoms with E-state index in [0.717, 1.165) is 6.20 Å². The molecule has 0 atom stereocenters. The Morgan fingerprint density at radius 2 is 2.18 bits per heavy atom. The Labute approximate surface area is 63.7 Å². The molecule has 0 N–H and O–H groups in total.